The van der Waals surface area contributed by atoms with Crippen molar-refractivity contribution in [2.24, 2.45) is 5.92 Å². The Labute approximate surface area is 99.9 Å². The Morgan fingerprint density at radius 1 is 1.47 bits per heavy atom. The van der Waals surface area contributed by atoms with E-state index in [0.717, 1.165) is 4.90 Å². The number of imide groups is 1. The van der Waals surface area contributed by atoms with Crippen molar-refractivity contribution in [3.63, 3.8) is 0 Å². The molecule has 1 heterocycles. The van der Waals surface area contributed by atoms with Gasteiger partial charge in [-0.3, -0.25) is 4.79 Å². The van der Waals surface area contributed by atoms with Gasteiger partial charge < -0.3 is 9.47 Å². The number of hydrogen-bond acceptors (Lipinski definition) is 5. The molecule has 0 saturated carbocycles. The van der Waals surface area contributed by atoms with E-state index in [0.29, 0.717) is 6.42 Å². The SMILES string of the molecule is COC(=O)[C@@H]1CCC(=O)N1C(=O)OCC(C)C. The Morgan fingerprint density at radius 2 is 2.12 bits per heavy atom. The number of rotatable bonds is 3. The standard InChI is InChI=1S/C11H17NO5/c1-7(2)6-17-11(15)12-8(10(14)16-3)4-5-9(12)13/h7-8H,4-6H2,1-3H3/t8-/m0/s1. The average Bonchev–Trinajstić information content (AvgIpc) is 2.67. The van der Waals surface area contributed by atoms with E-state index < -0.39 is 24.0 Å². The van der Waals surface area contributed by atoms with Gasteiger partial charge in [0.25, 0.3) is 0 Å². The van der Waals surface area contributed by atoms with Crippen LogP contribution < -0.4 is 0 Å². The van der Waals surface area contributed by atoms with E-state index in [1.165, 1.54) is 7.11 Å². The molecule has 0 aromatic carbocycles. The fraction of sp³-hybridized carbons (Fsp3) is 0.727. The Bertz CT molecular complexity index is 326. The van der Waals surface area contributed by atoms with E-state index in [-0.39, 0.29) is 18.9 Å². The number of likely N-dealkylation sites (tertiary alicyclic amines) is 1. The van der Waals surface area contributed by atoms with Crippen LogP contribution >= 0.6 is 0 Å². The number of hydrogen-bond donors (Lipinski definition) is 0. The molecule has 1 saturated heterocycles. The van der Waals surface area contributed by atoms with Crippen LogP contribution in [0.2, 0.25) is 0 Å². The van der Waals surface area contributed by atoms with Crippen LogP contribution in [0.15, 0.2) is 0 Å². The number of ether oxygens (including phenoxy) is 2. The minimum absolute atomic E-state index is 0.163. The molecule has 1 fully saturated rings. The normalized spacial score (nSPS) is 19.6. The summed E-state index contributed by atoms with van der Waals surface area (Å²) in [5.41, 5.74) is 0. The molecule has 1 rings (SSSR count). The zero-order valence-corrected chi connectivity index (χ0v) is 10.3. The number of esters is 1. The van der Waals surface area contributed by atoms with Gasteiger partial charge in [0.15, 0.2) is 0 Å². The van der Waals surface area contributed by atoms with E-state index >= 15 is 0 Å². The molecule has 2 amide bonds. The molecule has 0 unspecified atom stereocenters. The molecular weight excluding hydrogens is 226 g/mol. The highest BCUT2D eigenvalue weighted by Gasteiger charge is 2.41. The summed E-state index contributed by atoms with van der Waals surface area (Å²) in [6, 6.07) is -0.841. The van der Waals surface area contributed by atoms with Crippen molar-refractivity contribution in [2.45, 2.75) is 32.7 Å². The van der Waals surface area contributed by atoms with Crippen molar-refractivity contribution < 1.29 is 23.9 Å². The summed E-state index contributed by atoms with van der Waals surface area (Å²) in [6.45, 7) is 3.99. The van der Waals surface area contributed by atoms with Crippen LogP contribution in [0.3, 0.4) is 0 Å². The lowest BCUT2D eigenvalue weighted by Gasteiger charge is -2.20. The van der Waals surface area contributed by atoms with Gasteiger partial charge >= 0.3 is 12.1 Å². The first-order valence-corrected chi connectivity index (χ1v) is 5.54. The molecule has 1 atom stereocenters. The number of carbonyl (C=O) groups is 3. The van der Waals surface area contributed by atoms with Gasteiger partial charge in [0, 0.05) is 6.42 Å². The van der Waals surface area contributed by atoms with Crippen LogP contribution in [-0.4, -0.2) is 42.6 Å². The fourth-order valence-electron chi connectivity index (χ4n) is 1.58. The van der Waals surface area contributed by atoms with Crippen molar-refractivity contribution in [1.82, 2.24) is 4.90 Å². The quantitative estimate of drug-likeness (QED) is 0.690. The maximum absolute atomic E-state index is 11.7. The summed E-state index contributed by atoms with van der Waals surface area (Å²) >= 11 is 0. The molecule has 0 N–H and O–H groups in total. The molecule has 6 heteroatoms. The first-order valence-electron chi connectivity index (χ1n) is 5.54. The van der Waals surface area contributed by atoms with Gasteiger partial charge in [-0.25, -0.2) is 14.5 Å². The Morgan fingerprint density at radius 3 is 2.65 bits per heavy atom. The topological polar surface area (TPSA) is 72.9 Å². The maximum Gasteiger partial charge on any atom is 0.417 e. The Hall–Kier alpha value is -1.59. The predicted octanol–water partition coefficient (Wildman–Crippen LogP) is 0.943. The minimum Gasteiger partial charge on any atom is -0.467 e. The van der Waals surface area contributed by atoms with Gasteiger partial charge in [0.05, 0.1) is 13.7 Å². The molecule has 1 aliphatic heterocycles. The molecule has 0 radical (unpaired) electrons. The summed E-state index contributed by atoms with van der Waals surface area (Å²) < 4.78 is 9.49. The molecule has 0 aliphatic carbocycles. The van der Waals surface area contributed by atoms with Crippen molar-refractivity contribution in [3.05, 3.63) is 0 Å². The fourth-order valence-corrected chi connectivity index (χ4v) is 1.58. The summed E-state index contributed by atoms with van der Waals surface area (Å²) in [4.78, 5) is 35.4. The number of amides is 2. The summed E-state index contributed by atoms with van der Waals surface area (Å²) in [7, 11) is 1.22. The number of nitrogens with zero attached hydrogens (tertiary/aromatic N) is 1. The molecule has 0 aromatic heterocycles. The van der Waals surface area contributed by atoms with Gasteiger partial charge in [-0.2, -0.15) is 0 Å². The molecule has 17 heavy (non-hydrogen) atoms. The van der Waals surface area contributed by atoms with Crippen LogP contribution in [-0.2, 0) is 19.1 Å². The van der Waals surface area contributed by atoms with Crippen LogP contribution in [0.25, 0.3) is 0 Å². The van der Waals surface area contributed by atoms with Crippen LogP contribution in [0, 0.1) is 5.92 Å². The minimum atomic E-state index is -0.841. The lowest BCUT2D eigenvalue weighted by Crippen LogP contribution is -2.44. The van der Waals surface area contributed by atoms with E-state index in [1.54, 1.807) is 0 Å². The number of methoxy groups -OCH3 is 1. The van der Waals surface area contributed by atoms with Gasteiger partial charge in [0.1, 0.15) is 6.04 Å². The molecule has 0 bridgehead atoms. The first kappa shape index (κ1) is 13.5. The smallest absolute Gasteiger partial charge is 0.417 e. The Balaban J connectivity index is 2.67. The average molecular weight is 243 g/mol. The van der Waals surface area contributed by atoms with E-state index in [9.17, 15) is 14.4 Å². The highest BCUT2D eigenvalue weighted by molar-refractivity contribution is 5.99. The van der Waals surface area contributed by atoms with E-state index in [1.807, 2.05) is 13.8 Å². The third kappa shape index (κ3) is 3.18. The second-order valence-electron chi connectivity index (χ2n) is 4.31. The van der Waals surface area contributed by atoms with Gasteiger partial charge in [-0.1, -0.05) is 13.8 Å². The van der Waals surface area contributed by atoms with Gasteiger partial charge in [-0.05, 0) is 12.3 Å². The molecule has 1 aliphatic rings. The number of carbonyl (C=O) groups excluding carboxylic acids is 3. The highest BCUT2D eigenvalue weighted by Crippen LogP contribution is 2.21. The molecule has 6 nitrogen and oxygen atoms in total. The zero-order chi connectivity index (χ0) is 13.0. The molecular formula is C11H17NO5. The molecule has 0 aromatic rings. The summed E-state index contributed by atoms with van der Waals surface area (Å²) in [5.74, 6) is -0.806. The zero-order valence-electron chi connectivity index (χ0n) is 10.3. The predicted molar refractivity (Wildman–Crippen MR) is 58.1 cm³/mol. The molecule has 96 valence electrons. The maximum atomic E-state index is 11.7. The van der Waals surface area contributed by atoms with Crippen LogP contribution in [0.5, 0.6) is 0 Å². The monoisotopic (exact) mass is 243 g/mol. The third-order valence-corrected chi connectivity index (χ3v) is 2.42. The lowest BCUT2D eigenvalue weighted by molar-refractivity contribution is -0.148. The van der Waals surface area contributed by atoms with Crippen LogP contribution in [0.1, 0.15) is 26.7 Å². The second kappa shape index (κ2) is 5.65. The van der Waals surface area contributed by atoms with E-state index in [2.05, 4.69) is 4.74 Å². The third-order valence-electron chi connectivity index (χ3n) is 2.42. The van der Waals surface area contributed by atoms with Gasteiger partial charge in [0.2, 0.25) is 5.91 Å². The Kier molecular flexibility index (Phi) is 4.48. The summed E-state index contributed by atoms with van der Waals surface area (Å²) in [5, 5.41) is 0. The first-order chi connectivity index (χ1) is 7.97. The van der Waals surface area contributed by atoms with E-state index in [4.69, 9.17) is 4.74 Å². The highest BCUT2D eigenvalue weighted by atomic mass is 16.6. The largest absolute Gasteiger partial charge is 0.467 e. The lowest BCUT2D eigenvalue weighted by atomic mass is 10.2. The van der Waals surface area contributed by atoms with Crippen molar-refractivity contribution in [2.75, 3.05) is 13.7 Å². The summed E-state index contributed by atoms with van der Waals surface area (Å²) in [6.07, 6.45) is -0.310. The second-order valence-corrected chi connectivity index (χ2v) is 4.31. The van der Waals surface area contributed by atoms with Crippen molar-refractivity contribution in [3.8, 4) is 0 Å². The van der Waals surface area contributed by atoms with Gasteiger partial charge in [-0.15, -0.1) is 0 Å². The molecule has 0 spiro atoms. The van der Waals surface area contributed by atoms with Crippen LogP contribution in [0.4, 0.5) is 4.79 Å². The van der Waals surface area contributed by atoms with Crippen molar-refractivity contribution >= 4 is 18.0 Å². The van der Waals surface area contributed by atoms with Crippen molar-refractivity contribution in [1.29, 1.82) is 0 Å².